The maximum absolute atomic E-state index is 4.25. The SMILES string of the molecule is CC(C)N(CCCCCCCCCS)Cc1cccs1. The van der Waals surface area contributed by atoms with Gasteiger partial charge in [0, 0.05) is 17.5 Å². The molecular formula is C17H31NS2. The van der Waals surface area contributed by atoms with Crippen molar-refractivity contribution in [3.63, 3.8) is 0 Å². The van der Waals surface area contributed by atoms with Gasteiger partial charge in [-0.25, -0.2) is 0 Å². The molecule has 0 N–H and O–H groups in total. The van der Waals surface area contributed by atoms with Crippen LogP contribution in [0.25, 0.3) is 0 Å². The van der Waals surface area contributed by atoms with E-state index in [2.05, 4.69) is 48.9 Å². The number of hydrogen-bond acceptors (Lipinski definition) is 3. The second-order valence-electron chi connectivity index (χ2n) is 5.84. The van der Waals surface area contributed by atoms with Crippen LogP contribution in [0.5, 0.6) is 0 Å². The van der Waals surface area contributed by atoms with E-state index < -0.39 is 0 Å². The molecule has 0 aliphatic rings. The zero-order valence-electron chi connectivity index (χ0n) is 13.2. The van der Waals surface area contributed by atoms with Crippen molar-refractivity contribution in [1.82, 2.24) is 4.90 Å². The number of thiophene rings is 1. The molecule has 0 aliphatic carbocycles. The molecule has 1 nitrogen and oxygen atoms in total. The summed E-state index contributed by atoms with van der Waals surface area (Å²) in [5.74, 6) is 1.05. The van der Waals surface area contributed by atoms with Crippen molar-refractivity contribution in [1.29, 1.82) is 0 Å². The standard InChI is InChI=1S/C17H31NS2/c1-16(2)18(15-17-11-10-14-20-17)12-8-6-4-3-5-7-9-13-19/h10-11,14,16,19H,3-9,12-13,15H2,1-2H3. The zero-order chi connectivity index (χ0) is 14.6. The molecule has 1 aromatic heterocycles. The van der Waals surface area contributed by atoms with Crippen LogP contribution in [0.15, 0.2) is 17.5 Å². The molecule has 0 bridgehead atoms. The van der Waals surface area contributed by atoms with Crippen molar-refractivity contribution in [2.24, 2.45) is 0 Å². The lowest BCUT2D eigenvalue weighted by molar-refractivity contribution is 0.209. The van der Waals surface area contributed by atoms with E-state index in [0.29, 0.717) is 6.04 Å². The molecule has 0 fully saturated rings. The molecule has 1 aromatic rings. The van der Waals surface area contributed by atoms with E-state index in [1.165, 1.54) is 56.4 Å². The monoisotopic (exact) mass is 313 g/mol. The molecule has 0 atom stereocenters. The van der Waals surface area contributed by atoms with Crippen molar-refractivity contribution in [3.8, 4) is 0 Å². The summed E-state index contributed by atoms with van der Waals surface area (Å²) < 4.78 is 0. The molecule has 0 radical (unpaired) electrons. The number of nitrogens with zero attached hydrogens (tertiary/aromatic N) is 1. The Bertz CT molecular complexity index is 309. The van der Waals surface area contributed by atoms with E-state index in [4.69, 9.17) is 0 Å². The highest BCUT2D eigenvalue weighted by molar-refractivity contribution is 7.80. The smallest absolute Gasteiger partial charge is 0.0330 e. The Balaban J connectivity index is 2.07. The minimum Gasteiger partial charge on any atom is -0.296 e. The Hall–Kier alpha value is 0.01000. The van der Waals surface area contributed by atoms with Crippen LogP contribution in [0.4, 0.5) is 0 Å². The molecule has 0 spiro atoms. The predicted octanol–water partition coefficient (Wildman–Crippen LogP) is 5.62. The first-order chi connectivity index (χ1) is 9.74. The summed E-state index contributed by atoms with van der Waals surface area (Å²) >= 11 is 6.13. The highest BCUT2D eigenvalue weighted by Gasteiger charge is 2.10. The lowest BCUT2D eigenvalue weighted by Crippen LogP contribution is -2.31. The summed E-state index contributed by atoms with van der Waals surface area (Å²) in [6.07, 6.45) is 9.57. The van der Waals surface area contributed by atoms with Gasteiger partial charge in [0.1, 0.15) is 0 Å². The normalized spacial score (nSPS) is 11.7. The first kappa shape index (κ1) is 18.1. The van der Waals surface area contributed by atoms with Crippen LogP contribution >= 0.6 is 24.0 Å². The van der Waals surface area contributed by atoms with Gasteiger partial charge in [-0.3, -0.25) is 4.90 Å². The van der Waals surface area contributed by atoms with Gasteiger partial charge in [-0.1, -0.05) is 38.2 Å². The molecule has 1 rings (SSSR count). The third kappa shape index (κ3) is 8.33. The summed E-state index contributed by atoms with van der Waals surface area (Å²) in [6.45, 7) is 6.99. The predicted molar refractivity (Wildman–Crippen MR) is 96.0 cm³/mol. The van der Waals surface area contributed by atoms with Gasteiger partial charge < -0.3 is 0 Å². The van der Waals surface area contributed by atoms with E-state index in [0.717, 1.165) is 12.3 Å². The van der Waals surface area contributed by atoms with Crippen molar-refractivity contribution in [2.75, 3.05) is 12.3 Å². The highest BCUT2D eigenvalue weighted by Crippen LogP contribution is 2.15. The van der Waals surface area contributed by atoms with Gasteiger partial charge in [0.15, 0.2) is 0 Å². The lowest BCUT2D eigenvalue weighted by Gasteiger charge is -2.25. The van der Waals surface area contributed by atoms with Crippen LogP contribution in [0.1, 0.15) is 63.7 Å². The van der Waals surface area contributed by atoms with Crippen molar-refractivity contribution < 1.29 is 0 Å². The third-order valence-corrected chi connectivity index (χ3v) is 4.95. The van der Waals surface area contributed by atoms with E-state index in [9.17, 15) is 0 Å². The Labute approximate surface area is 135 Å². The molecular weight excluding hydrogens is 282 g/mol. The maximum Gasteiger partial charge on any atom is 0.0330 e. The fourth-order valence-electron chi connectivity index (χ4n) is 2.43. The maximum atomic E-state index is 4.25. The first-order valence-electron chi connectivity index (χ1n) is 8.11. The fraction of sp³-hybridized carbons (Fsp3) is 0.765. The number of rotatable bonds is 12. The Morgan fingerprint density at radius 1 is 1.05 bits per heavy atom. The van der Waals surface area contributed by atoms with Crippen LogP contribution in [0, 0.1) is 0 Å². The average Bonchev–Trinajstić information content (AvgIpc) is 2.93. The Kier molecular flexibility index (Phi) is 10.5. The summed E-state index contributed by atoms with van der Waals surface area (Å²) in [7, 11) is 0. The summed E-state index contributed by atoms with van der Waals surface area (Å²) in [4.78, 5) is 4.10. The molecule has 0 saturated carbocycles. The molecule has 0 unspecified atom stereocenters. The van der Waals surface area contributed by atoms with Crippen LogP contribution in [-0.2, 0) is 6.54 Å². The van der Waals surface area contributed by atoms with E-state index in [1.54, 1.807) is 0 Å². The van der Waals surface area contributed by atoms with Gasteiger partial charge in [0.25, 0.3) is 0 Å². The number of thiol groups is 1. The zero-order valence-corrected chi connectivity index (χ0v) is 14.9. The second kappa shape index (κ2) is 11.6. The Morgan fingerprint density at radius 2 is 1.70 bits per heavy atom. The van der Waals surface area contributed by atoms with Gasteiger partial charge in [-0.15, -0.1) is 11.3 Å². The van der Waals surface area contributed by atoms with Crippen molar-refractivity contribution in [2.45, 2.75) is 71.4 Å². The van der Waals surface area contributed by atoms with Crippen LogP contribution in [0.3, 0.4) is 0 Å². The van der Waals surface area contributed by atoms with Gasteiger partial charge in [0.05, 0.1) is 0 Å². The van der Waals surface area contributed by atoms with E-state index in [-0.39, 0.29) is 0 Å². The topological polar surface area (TPSA) is 3.24 Å². The molecule has 0 aromatic carbocycles. The summed E-state index contributed by atoms with van der Waals surface area (Å²) in [5, 5.41) is 2.18. The average molecular weight is 314 g/mol. The van der Waals surface area contributed by atoms with Gasteiger partial charge in [0.2, 0.25) is 0 Å². The molecule has 3 heteroatoms. The number of hydrogen-bond donors (Lipinski definition) is 1. The first-order valence-corrected chi connectivity index (χ1v) is 9.62. The Morgan fingerprint density at radius 3 is 2.25 bits per heavy atom. The minimum absolute atomic E-state index is 0.646. The van der Waals surface area contributed by atoms with Gasteiger partial charge in [-0.05, 0) is 50.4 Å². The molecule has 1 heterocycles. The minimum atomic E-state index is 0.646. The quantitative estimate of drug-likeness (QED) is 0.387. The second-order valence-corrected chi connectivity index (χ2v) is 7.32. The summed E-state index contributed by atoms with van der Waals surface area (Å²) in [6, 6.07) is 5.05. The lowest BCUT2D eigenvalue weighted by atomic mass is 10.1. The molecule has 116 valence electrons. The van der Waals surface area contributed by atoms with Crippen molar-refractivity contribution >= 4 is 24.0 Å². The van der Waals surface area contributed by atoms with E-state index in [1.807, 2.05) is 11.3 Å². The molecule has 20 heavy (non-hydrogen) atoms. The van der Waals surface area contributed by atoms with Gasteiger partial charge in [-0.2, -0.15) is 12.6 Å². The fourth-order valence-corrected chi connectivity index (χ4v) is 3.39. The van der Waals surface area contributed by atoms with Crippen LogP contribution in [0.2, 0.25) is 0 Å². The van der Waals surface area contributed by atoms with E-state index >= 15 is 0 Å². The molecule has 0 saturated heterocycles. The van der Waals surface area contributed by atoms with Gasteiger partial charge >= 0.3 is 0 Å². The van der Waals surface area contributed by atoms with Crippen molar-refractivity contribution in [3.05, 3.63) is 22.4 Å². The number of unbranched alkanes of at least 4 members (excludes halogenated alkanes) is 6. The summed E-state index contributed by atoms with van der Waals surface area (Å²) in [5.41, 5.74) is 0. The molecule has 0 aliphatic heterocycles. The molecule has 0 amide bonds. The van der Waals surface area contributed by atoms with Crippen LogP contribution < -0.4 is 0 Å². The van der Waals surface area contributed by atoms with Crippen LogP contribution in [-0.4, -0.2) is 23.2 Å². The largest absolute Gasteiger partial charge is 0.296 e. The highest BCUT2D eigenvalue weighted by atomic mass is 32.1. The third-order valence-electron chi connectivity index (χ3n) is 3.77.